The molecule has 2 rings (SSSR count). The maximum Gasteiger partial charge on any atom is 0.271 e. The third-order valence-electron chi connectivity index (χ3n) is 2.42. The molecule has 7 heteroatoms. The molecule has 6 nitrogen and oxygen atoms in total. The number of carbonyl (C=O) groups excluding carboxylic acids is 1. The molecule has 1 aliphatic rings. The van der Waals surface area contributed by atoms with Gasteiger partial charge in [-0.2, -0.15) is 0 Å². The second-order valence-electron chi connectivity index (χ2n) is 4.40. The smallest absolute Gasteiger partial charge is 0.271 e. The maximum atomic E-state index is 11.7. The predicted octanol–water partition coefficient (Wildman–Crippen LogP) is 1.01. The number of nitrogens with one attached hydrogen (secondary N) is 1. The number of carbonyl (C=O) groups is 1. The van der Waals surface area contributed by atoms with Crippen LogP contribution in [0.5, 0.6) is 0 Å². The Kier molecular flexibility index (Phi) is 3.79. The van der Waals surface area contributed by atoms with Gasteiger partial charge in [0, 0.05) is 6.54 Å². The van der Waals surface area contributed by atoms with Crippen LogP contribution < -0.4 is 5.32 Å². The number of nitrogens with zero attached hydrogens (tertiary/aromatic N) is 2. The molecule has 18 heavy (non-hydrogen) atoms. The van der Waals surface area contributed by atoms with Crippen molar-refractivity contribution in [2.24, 2.45) is 0 Å². The van der Waals surface area contributed by atoms with Crippen LogP contribution in [0.4, 0.5) is 0 Å². The summed E-state index contributed by atoms with van der Waals surface area (Å²) < 4.78 is 10.9. The molecule has 1 saturated heterocycles. The topological polar surface area (TPSA) is 73.3 Å². The third kappa shape index (κ3) is 3.38. The molecule has 1 unspecified atom stereocenters. The largest absolute Gasteiger partial charge is 0.348 e. The molecule has 1 amide bonds. The highest BCUT2D eigenvalue weighted by molar-refractivity contribution is 6.29. The zero-order chi connectivity index (χ0) is 13.2. The van der Waals surface area contributed by atoms with Gasteiger partial charge >= 0.3 is 0 Å². The Balaban J connectivity index is 1.84. The van der Waals surface area contributed by atoms with Crippen molar-refractivity contribution in [3.05, 3.63) is 23.0 Å². The molecule has 0 aromatic carbocycles. The van der Waals surface area contributed by atoms with Gasteiger partial charge < -0.3 is 14.8 Å². The van der Waals surface area contributed by atoms with E-state index in [1.807, 2.05) is 13.8 Å². The maximum absolute atomic E-state index is 11.7. The minimum atomic E-state index is -0.588. The van der Waals surface area contributed by atoms with Gasteiger partial charge in [0.05, 0.1) is 6.61 Å². The Labute approximate surface area is 110 Å². The lowest BCUT2D eigenvalue weighted by Gasteiger charge is -2.17. The number of hydrogen-bond donors (Lipinski definition) is 1. The Hall–Kier alpha value is -1.24. The van der Waals surface area contributed by atoms with Crippen LogP contribution in [0, 0.1) is 0 Å². The summed E-state index contributed by atoms with van der Waals surface area (Å²) in [6, 6.07) is 3.03. The van der Waals surface area contributed by atoms with E-state index < -0.39 is 5.79 Å². The fourth-order valence-electron chi connectivity index (χ4n) is 1.60. The van der Waals surface area contributed by atoms with Gasteiger partial charge in [-0.3, -0.25) is 4.79 Å². The van der Waals surface area contributed by atoms with Gasteiger partial charge in [-0.05, 0) is 26.0 Å². The van der Waals surface area contributed by atoms with Gasteiger partial charge in [-0.1, -0.05) is 11.6 Å². The summed E-state index contributed by atoms with van der Waals surface area (Å²) in [5, 5.41) is 10.2. The average Bonchev–Trinajstić information content (AvgIpc) is 2.67. The first-order valence-corrected chi connectivity index (χ1v) is 5.93. The van der Waals surface area contributed by atoms with Crippen molar-refractivity contribution in [3.8, 4) is 0 Å². The summed E-state index contributed by atoms with van der Waals surface area (Å²) in [6.45, 7) is 4.49. The number of rotatable bonds is 3. The van der Waals surface area contributed by atoms with Crippen molar-refractivity contribution < 1.29 is 14.3 Å². The van der Waals surface area contributed by atoms with E-state index in [1.165, 1.54) is 12.1 Å². The number of hydrogen-bond acceptors (Lipinski definition) is 5. The minimum absolute atomic E-state index is 0.149. The Morgan fingerprint density at radius 1 is 1.56 bits per heavy atom. The molecule has 0 saturated carbocycles. The van der Waals surface area contributed by atoms with Crippen LogP contribution in [0.2, 0.25) is 5.15 Å². The number of amides is 1. The molecule has 1 aromatic heterocycles. The van der Waals surface area contributed by atoms with Crippen molar-refractivity contribution in [2.45, 2.75) is 25.7 Å². The van der Waals surface area contributed by atoms with Crippen molar-refractivity contribution in [1.82, 2.24) is 15.5 Å². The van der Waals surface area contributed by atoms with E-state index in [9.17, 15) is 4.79 Å². The molecule has 0 aliphatic carbocycles. The van der Waals surface area contributed by atoms with E-state index in [4.69, 9.17) is 21.1 Å². The van der Waals surface area contributed by atoms with E-state index in [0.29, 0.717) is 13.2 Å². The SMILES string of the molecule is CC1(C)OCC(CNC(=O)c2ccc(Cl)nn2)O1. The predicted molar refractivity (Wildman–Crippen MR) is 64.3 cm³/mol. The zero-order valence-electron chi connectivity index (χ0n) is 10.1. The first-order chi connectivity index (χ1) is 8.46. The lowest BCUT2D eigenvalue weighted by Crippen LogP contribution is -2.34. The molecular formula is C11H14ClN3O3. The summed E-state index contributed by atoms with van der Waals surface area (Å²) >= 11 is 5.59. The van der Waals surface area contributed by atoms with Gasteiger partial charge in [0.25, 0.3) is 5.91 Å². The Morgan fingerprint density at radius 2 is 2.33 bits per heavy atom. The average molecular weight is 272 g/mol. The molecule has 2 heterocycles. The van der Waals surface area contributed by atoms with Crippen molar-refractivity contribution in [2.75, 3.05) is 13.2 Å². The van der Waals surface area contributed by atoms with Gasteiger partial charge in [0.15, 0.2) is 16.6 Å². The van der Waals surface area contributed by atoms with Crippen LogP contribution in [-0.4, -0.2) is 41.1 Å². The number of ether oxygens (including phenoxy) is 2. The molecule has 0 spiro atoms. The van der Waals surface area contributed by atoms with Crippen LogP contribution in [0.15, 0.2) is 12.1 Å². The van der Waals surface area contributed by atoms with Gasteiger partial charge in [0.1, 0.15) is 6.10 Å². The molecular weight excluding hydrogens is 258 g/mol. The summed E-state index contributed by atoms with van der Waals surface area (Å²) in [5.74, 6) is -0.900. The third-order valence-corrected chi connectivity index (χ3v) is 2.62. The van der Waals surface area contributed by atoms with Crippen molar-refractivity contribution in [1.29, 1.82) is 0 Å². The van der Waals surface area contributed by atoms with Crippen LogP contribution in [0.25, 0.3) is 0 Å². The quantitative estimate of drug-likeness (QED) is 0.888. The molecule has 1 fully saturated rings. The number of aromatic nitrogens is 2. The summed E-state index contributed by atoms with van der Waals surface area (Å²) in [6.07, 6.45) is -0.149. The summed E-state index contributed by atoms with van der Waals surface area (Å²) in [7, 11) is 0. The van der Waals surface area contributed by atoms with Crippen LogP contribution in [-0.2, 0) is 9.47 Å². The number of halogens is 1. The molecule has 1 atom stereocenters. The Morgan fingerprint density at radius 3 is 2.89 bits per heavy atom. The van der Waals surface area contributed by atoms with Crippen LogP contribution in [0.1, 0.15) is 24.3 Å². The monoisotopic (exact) mass is 271 g/mol. The van der Waals surface area contributed by atoms with E-state index in [2.05, 4.69) is 15.5 Å². The Bertz CT molecular complexity index is 436. The highest BCUT2D eigenvalue weighted by Crippen LogP contribution is 2.21. The van der Waals surface area contributed by atoms with Gasteiger partial charge in [0.2, 0.25) is 0 Å². The van der Waals surface area contributed by atoms with Crippen LogP contribution in [0.3, 0.4) is 0 Å². The summed E-state index contributed by atoms with van der Waals surface area (Å²) in [5.41, 5.74) is 0.220. The molecule has 1 N–H and O–H groups in total. The standard InChI is InChI=1S/C11H14ClN3O3/c1-11(2)17-6-7(18-11)5-13-10(16)8-3-4-9(12)15-14-8/h3-4,7H,5-6H2,1-2H3,(H,13,16). The lowest BCUT2D eigenvalue weighted by molar-refractivity contribution is -0.137. The lowest BCUT2D eigenvalue weighted by atomic mass is 10.3. The van der Waals surface area contributed by atoms with E-state index in [-0.39, 0.29) is 22.9 Å². The molecule has 0 radical (unpaired) electrons. The molecule has 98 valence electrons. The van der Waals surface area contributed by atoms with Crippen molar-refractivity contribution >= 4 is 17.5 Å². The van der Waals surface area contributed by atoms with Crippen LogP contribution >= 0.6 is 11.6 Å². The highest BCUT2D eigenvalue weighted by atomic mass is 35.5. The van der Waals surface area contributed by atoms with Gasteiger partial charge in [-0.15, -0.1) is 10.2 Å². The fraction of sp³-hybridized carbons (Fsp3) is 0.545. The minimum Gasteiger partial charge on any atom is -0.348 e. The zero-order valence-corrected chi connectivity index (χ0v) is 10.9. The highest BCUT2D eigenvalue weighted by Gasteiger charge is 2.32. The summed E-state index contributed by atoms with van der Waals surface area (Å²) in [4.78, 5) is 11.7. The molecule has 0 bridgehead atoms. The molecule has 1 aliphatic heterocycles. The van der Waals surface area contributed by atoms with E-state index in [0.717, 1.165) is 0 Å². The fourth-order valence-corrected chi connectivity index (χ4v) is 1.70. The first-order valence-electron chi connectivity index (χ1n) is 5.55. The van der Waals surface area contributed by atoms with Crippen molar-refractivity contribution in [3.63, 3.8) is 0 Å². The normalized spacial score (nSPS) is 21.8. The van der Waals surface area contributed by atoms with Gasteiger partial charge in [-0.25, -0.2) is 0 Å². The second kappa shape index (κ2) is 5.17. The van der Waals surface area contributed by atoms with E-state index >= 15 is 0 Å². The first kappa shape index (κ1) is 13.2. The molecule has 1 aromatic rings. The van der Waals surface area contributed by atoms with E-state index in [1.54, 1.807) is 0 Å². The second-order valence-corrected chi connectivity index (χ2v) is 4.79.